The van der Waals surface area contributed by atoms with E-state index in [1.54, 1.807) is 0 Å². The van der Waals surface area contributed by atoms with Gasteiger partial charge in [-0.05, 0) is 25.5 Å². The van der Waals surface area contributed by atoms with Crippen LogP contribution in [0, 0.1) is 11.3 Å². The molecule has 1 N–H and O–H groups in total. The highest BCUT2D eigenvalue weighted by atomic mass is 35.5. The summed E-state index contributed by atoms with van der Waals surface area (Å²) < 4.78 is 4.67. The Hall–Kier alpha value is -0.930. The van der Waals surface area contributed by atoms with Crippen molar-refractivity contribution in [2.45, 2.75) is 37.6 Å². The van der Waals surface area contributed by atoms with Crippen LogP contribution in [0.25, 0.3) is 0 Å². The third-order valence-electron chi connectivity index (χ3n) is 4.38. The molecular formula is C16H21Cl2NO2. The van der Waals surface area contributed by atoms with Crippen LogP contribution in [0.4, 0.5) is 0 Å². The smallest absolute Gasteiger partial charge is 0.229 e. The van der Waals surface area contributed by atoms with Gasteiger partial charge < -0.3 is 10.1 Å². The molecule has 5 heteroatoms. The van der Waals surface area contributed by atoms with E-state index in [1.807, 2.05) is 51.1 Å². The minimum absolute atomic E-state index is 0.0411. The van der Waals surface area contributed by atoms with E-state index in [9.17, 15) is 4.79 Å². The molecule has 21 heavy (non-hydrogen) atoms. The molecule has 0 aromatic heterocycles. The summed E-state index contributed by atoms with van der Waals surface area (Å²) in [5.41, 5.74) is -0.683. The lowest BCUT2D eigenvalue weighted by atomic mass is 9.99. The topological polar surface area (TPSA) is 38.3 Å². The molecular weight excluding hydrogens is 309 g/mol. The predicted octanol–water partition coefficient (Wildman–Crippen LogP) is 3.79. The molecule has 3 nitrogen and oxygen atoms in total. The van der Waals surface area contributed by atoms with Crippen molar-refractivity contribution in [2.75, 3.05) is 6.61 Å². The number of alkyl halides is 2. The van der Waals surface area contributed by atoms with Crippen LogP contribution in [0.1, 0.15) is 27.2 Å². The number of halogens is 2. The molecule has 0 unspecified atom stereocenters. The van der Waals surface area contributed by atoms with Gasteiger partial charge in [-0.2, -0.15) is 0 Å². The first-order chi connectivity index (χ1) is 9.86. The zero-order valence-electron chi connectivity index (χ0n) is 12.5. The van der Waals surface area contributed by atoms with Crippen LogP contribution in [-0.2, 0) is 4.79 Å². The van der Waals surface area contributed by atoms with Gasteiger partial charge in [-0.1, -0.05) is 32.0 Å². The maximum atomic E-state index is 12.5. The summed E-state index contributed by atoms with van der Waals surface area (Å²) in [6.45, 7) is 6.16. The van der Waals surface area contributed by atoms with Gasteiger partial charge in [0, 0.05) is 5.92 Å². The third-order valence-corrected chi connectivity index (χ3v) is 5.71. The van der Waals surface area contributed by atoms with Crippen molar-refractivity contribution >= 4 is 29.1 Å². The number of ether oxygens (including phenoxy) is 1. The molecule has 1 fully saturated rings. The average Bonchev–Trinajstić information content (AvgIpc) is 2.91. The minimum atomic E-state index is -0.966. The van der Waals surface area contributed by atoms with Crippen molar-refractivity contribution in [3.05, 3.63) is 30.3 Å². The number of para-hydroxylation sites is 1. The maximum Gasteiger partial charge on any atom is 0.229 e. The van der Waals surface area contributed by atoms with E-state index in [-0.39, 0.29) is 17.9 Å². The van der Waals surface area contributed by atoms with Crippen LogP contribution in [0.5, 0.6) is 5.75 Å². The Morgan fingerprint density at radius 3 is 2.43 bits per heavy atom. The van der Waals surface area contributed by atoms with Gasteiger partial charge in [-0.25, -0.2) is 0 Å². The Kier molecular flexibility index (Phi) is 4.74. The van der Waals surface area contributed by atoms with E-state index < -0.39 is 9.75 Å². The fourth-order valence-electron chi connectivity index (χ4n) is 2.82. The lowest BCUT2D eigenvalue weighted by Gasteiger charge is -2.20. The first-order valence-electron chi connectivity index (χ1n) is 7.23. The molecule has 0 bridgehead atoms. The van der Waals surface area contributed by atoms with Crippen LogP contribution >= 0.6 is 23.2 Å². The number of hydrogen-bond acceptors (Lipinski definition) is 2. The van der Waals surface area contributed by atoms with Gasteiger partial charge in [0.1, 0.15) is 16.7 Å². The zero-order valence-corrected chi connectivity index (χ0v) is 14.0. The molecule has 0 aliphatic heterocycles. The minimum Gasteiger partial charge on any atom is -0.491 e. The lowest BCUT2D eigenvalue weighted by Crippen LogP contribution is -2.43. The second-order valence-corrected chi connectivity index (χ2v) is 7.05. The Bertz CT molecular complexity index is 506. The van der Waals surface area contributed by atoms with Gasteiger partial charge >= 0.3 is 0 Å². The molecule has 1 saturated carbocycles. The Balaban J connectivity index is 1.88. The molecule has 0 radical (unpaired) electrons. The summed E-state index contributed by atoms with van der Waals surface area (Å²) in [6, 6.07) is 9.40. The summed E-state index contributed by atoms with van der Waals surface area (Å²) in [6.07, 6.45) is 0.624. The molecule has 1 aromatic carbocycles. The highest BCUT2D eigenvalue weighted by Crippen LogP contribution is 2.70. The molecule has 2 rings (SSSR count). The fourth-order valence-corrected chi connectivity index (χ4v) is 3.85. The van der Waals surface area contributed by atoms with Crippen molar-refractivity contribution in [1.29, 1.82) is 0 Å². The van der Waals surface area contributed by atoms with Gasteiger partial charge in [0.15, 0.2) is 0 Å². The highest BCUT2D eigenvalue weighted by molar-refractivity contribution is 6.53. The van der Waals surface area contributed by atoms with Crippen LogP contribution in [-0.4, -0.2) is 22.9 Å². The molecule has 3 atom stereocenters. The molecule has 1 amide bonds. The zero-order chi connectivity index (χ0) is 15.7. The van der Waals surface area contributed by atoms with E-state index in [1.165, 1.54) is 0 Å². The van der Waals surface area contributed by atoms with Gasteiger partial charge in [0.25, 0.3) is 0 Å². The predicted molar refractivity (Wildman–Crippen MR) is 85.9 cm³/mol. The fraction of sp³-hybridized carbons (Fsp3) is 0.562. The first-order valence-corrected chi connectivity index (χ1v) is 7.98. The molecule has 1 aliphatic rings. The third kappa shape index (κ3) is 2.86. The van der Waals surface area contributed by atoms with Crippen LogP contribution in [0.2, 0.25) is 0 Å². The Morgan fingerprint density at radius 2 is 1.95 bits per heavy atom. The van der Waals surface area contributed by atoms with Crippen molar-refractivity contribution in [1.82, 2.24) is 5.32 Å². The molecule has 0 saturated heterocycles. The van der Waals surface area contributed by atoms with Gasteiger partial charge in [-0.3, -0.25) is 4.79 Å². The number of hydrogen-bond donors (Lipinski definition) is 1. The van der Waals surface area contributed by atoms with Gasteiger partial charge in [-0.15, -0.1) is 23.2 Å². The molecule has 1 aromatic rings. The standard InChI is InChI=1S/C16H21Cl2NO2/c1-4-15(12(3)16(15,17)18)14(20)19-11(2)10-21-13-8-6-5-7-9-13/h5-9,11-12H,4,10H2,1-3H3,(H,19,20)/t11-,12+,15+/m0/s1. The van der Waals surface area contributed by atoms with E-state index in [0.29, 0.717) is 13.0 Å². The van der Waals surface area contributed by atoms with Crippen molar-refractivity contribution in [2.24, 2.45) is 11.3 Å². The van der Waals surface area contributed by atoms with Gasteiger partial charge in [0.05, 0.1) is 11.5 Å². The molecule has 0 spiro atoms. The van der Waals surface area contributed by atoms with Crippen LogP contribution in [0.15, 0.2) is 30.3 Å². The van der Waals surface area contributed by atoms with Crippen molar-refractivity contribution in [3.8, 4) is 5.75 Å². The van der Waals surface area contributed by atoms with Crippen molar-refractivity contribution < 1.29 is 9.53 Å². The molecule has 0 heterocycles. The SMILES string of the molecule is CC[C@]1(C(=O)N[C@@H](C)COc2ccccc2)[C@@H](C)C1(Cl)Cl. The second-order valence-electron chi connectivity index (χ2n) is 5.67. The first kappa shape index (κ1) is 16.4. The maximum absolute atomic E-state index is 12.5. The summed E-state index contributed by atoms with van der Waals surface area (Å²) in [4.78, 5) is 12.5. The average molecular weight is 330 g/mol. The molecule has 1 aliphatic carbocycles. The van der Waals surface area contributed by atoms with E-state index in [2.05, 4.69) is 5.32 Å². The van der Waals surface area contributed by atoms with Crippen LogP contribution in [0.3, 0.4) is 0 Å². The van der Waals surface area contributed by atoms with E-state index in [4.69, 9.17) is 27.9 Å². The second kappa shape index (κ2) is 6.05. The number of nitrogens with one attached hydrogen (secondary N) is 1. The largest absolute Gasteiger partial charge is 0.491 e. The summed E-state index contributed by atoms with van der Waals surface area (Å²) in [5.74, 6) is 0.653. The quantitative estimate of drug-likeness (QED) is 0.806. The van der Waals surface area contributed by atoms with Crippen LogP contribution < -0.4 is 10.1 Å². The van der Waals surface area contributed by atoms with Gasteiger partial charge in [0.2, 0.25) is 5.91 Å². The summed E-state index contributed by atoms with van der Waals surface area (Å²) >= 11 is 12.5. The number of carbonyl (C=O) groups is 1. The normalized spacial score (nSPS) is 27.8. The van der Waals surface area contributed by atoms with E-state index >= 15 is 0 Å². The number of rotatable bonds is 6. The number of benzene rings is 1. The monoisotopic (exact) mass is 329 g/mol. The Labute approximate surface area is 136 Å². The number of amides is 1. The number of carbonyl (C=O) groups excluding carboxylic acids is 1. The van der Waals surface area contributed by atoms with E-state index in [0.717, 1.165) is 5.75 Å². The summed E-state index contributed by atoms with van der Waals surface area (Å²) in [7, 11) is 0. The molecule has 116 valence electrons. The lowest BCUT2D eigenvalue weighted by molar-refractivity contribution is -0.127. The highest BCUT2D eigenvalue weighted by Gasteiger charge is 2.76. The van der Waals surface area contributed by atoms with Crippen molar-refractivity contribution in [3.63, 3.8) is 0 Å². The Morgan fingerprint density at radius 1 is 1.38 bits per heavy atom. The summed E-state index contributed by atoms with van der Waals surface area (Å²) in [5, 5.41) is 2.96.